The first-order chi connectivity index (χ1) is 8.74. The van der Waals surface area contributed by atoms with Crippen molar-refractivity contribution in [3.8, 4) is 0 Å². The number of unbranched alkanes of at least 4 members (excludes halogenated alkanes) is 1. The van der Waals surface area contributed by atoms with Crippen LogP contribution in [0.1, 0.15) is 38.4 Å². The minimum absolute atomic E-state index is 0.407. The number of nitrogen functional groups attached to an aromatic ring is 1. The van der Waals surface area contributed by atoms with Gasteiger partial charge in [-0.05, 0) is 19.3 Å². The van der Waals surface area contributed by atoms with E-state index in [2.05, 4.69) is 21.8 Å². The molecular weight excluding hydrogens is 228 g/mol. The summed E-state index contributed by atoms with van der Waals surface area (Å²) < 4.78 is 5.08. The Morgan fingerprint density at radius 2 is 2.22 bits per heavy atom. The van der Waals surface area contributed by atoms with Crippen LogP contribution >= 0.6 is 0 Å². The van der Waals surface area contributed by atoms with Gasteiger partial charge in [0.1, 0.15) is 18.2 Å². The quantitative estimate of drug-likeness (QED) is 0.801. The van der Waals surface area contributed by atoms with Gasteiger partial charge in [0.15, 0.2) is 5.82 Å². The minimum atomic E-state index is 0.407. The molecule has 5 heteroatoms. The van der Waals surface area contributed by atoms with Crippen LogP contribution in [0.2, 0.25) is 0 Å². The Bertz CT molecular complexity index is 393. The summed E-state index contributed by atoms with van der Waals surface area (Å²) in [5.74, 6) is 2.13. The zero-order valence-electron chi connectivity index (χ0n) is 11.2. The molecule has 1 saturated carbocycles. The normalized spacial score (nSPS) is 14.8. The summed E-state index contributed by atoms with van der Waals surface area (Å²) in [6.45, 7) is 3.66. The molecule has 1 heterocycles. The second-order valence-corrected chi connectivity index (χ2v) is 4.78. The van der Waals surface area contributed by atoms with Crippen molar-refractivity contribution >= 4 is 11.6 Å². The van der Waals surface area contributed by atoms with Crippen LogP contribution in [0.4, 0.5) is 11.6 Å². The lowest BCUT2D eigenvalue weighted by atomic mass is 10.3. The van der Waals surface area contributed by atoms with Gasteiger partial charge in [-0.25, -0.2) is 9.97 Å². The molecule has 0 radical (unpaired) electrons. The van der Waals surface area contributed by atoms with Gasteiger partial charge in [-0.2, -0.15) is 0 Å². The van der Waals surface area contributed by atoms with E-state index in [1.807, 2.05) is 6.07 Å². The number of aromatic nitrogens is 2. The maximum Gasteiger partial charge on any atom is 0.158 e. The van der Waals surface area contributed by atoms with E-state index < -0.39 is 0 Å². The molecule has 1 fully saturated rings. The fourth-order valence-electron chi connectivity index (χ4n) is 2.04. The predicted octanol–water partition coefficient (Wildman–Crippen LogP) is 1.97. The molecule has 1 aromatic heterocycles. The topological polar surface area (TPSA) is 64.3 Å². The summed E-state index contributed by atoms with van der Waals surface area (Å²) in [7, 11) is 1.64. The van der Waals surface area contributed by atoms with Crippen molar-refractivity contribution in [2.24, 2.45) is 0 Å². The number of nitrogens with two attached hydrogens (primary N) is 1. The second kappa shape index (κ2) is 6.00. The molecule has 0 spiro atoms. The Hall–Kier alpha value is -1.36. The molecule has 100 valence electrons. The van der Waals surface area contributed by atoms with Gasteiger partial charge in [0.2, 0.25) is 0 Å². The SMILES string of the molecule is CCCCN(c1cc(N)nc(COC)n1)C1CC1. The van der Waals surface area contributed by atoms with Crippen molar-refractivity contribution in [3.63, 3.8) is 0 Å². The number of hydrogen-bond donors (Lipinski definition) is 1. The van der Waals surface area contributed by atoms with Gasteiger partial charge in [-0.15, -0.1) is 0 Å². The minimum Gasteiger partial charge on any atom is -0.384 e. The highest BCUT2D eigenvalue weighted by Gasteiger charge is 2.29. The van der Waals surface area contributed by atoms with Crippen LogP contribution in [-0.2, 0) is 11.3 Å². The van der Waals surface area contributed by atoms with Gasteiger partial charge in [-0.3, -0.25) is 0 Å². The van der Waals surface area contributed by atoms with Gasteiger partial charge in [0, 0.05) is 25.8 Å². The van der Waals surface area contributed by atoms with E-state index in [1.54, 1.807) is 7.11 Å². The summed E-state index contributed by atoms with van der Waals surface area (Å²) >= 11 is 0. The van der Waals surface area contributed by atoms with E-state index in [1.165, 1.54) is 25.7 Å². The van der Waals surface area contributed by atoms with E-state index in [9.17, 15) is 0 Å². The number of hydrogen-bond acceptors (Lipinski definition) is 5. The Balaban J connectivity index is 2.17. The average Bonchev–Trinajstić information content (AvgIpc) is 3.14. The average molecular weight is 250 g/mol. The van der Waals surface area contributed by atoms with Crippen LogP contribution in [0.5, 0.6) is 0 Å². The summed E-state index contributed by atoms with van der Waals surface area (Å²) in [5.41, 5.74) is 5.84. The van der Waals surface area contributed by atoms with Crippen LogP contribution in [0.25, 0.3) is 0 Å². The predicted molar refractivity (Wildman–Crippen MR) is 72.4 cm³/mol. The van der Waals surface area contributed by atoms with Gasteiger partial charge in [0.05, 0.1) is 0 Å². The third-order valence-corrected chi connectivity index (χ3v) is 3.09. The zero-order chi connectivity index (χ0) is 13.0. The molecular formula is C13H22N4O. The zero-order valence-corrected chi connectivity index (χ0v) is 11.2. The van der Waals surface area contributed by atoms with Crippen LogP contribution in [0, 0.1) is 0 Å². The Labute approximate surface area is 108 Å². The van der Waals surface area contributed by atoms with Crippen molar-refractivity contribution < 1.29 is 4.74 Å². The summed E-state index contributed by atoms with van der Waals surface area (Å²) in [4.78, 5) is 11.1. The smallest absolute Gasteiger partial charge is 0.158 e. The highest BCUT2D eigenvalue weighted by atomic mass is 16.5. The standard InChI is InChI=1S/C13H22N4O/c1-3-4-7-17(10-5-6-10)13-8-11(14)15-12(16-13)9-18-2/h8,10H,3-7,9H2,1-2H3,(H2,14,15,16). The largest absolute Gasteiger partial charge is 0.384 e. The molecule has 1 aliphatic carbocycles. The number of anilines is 2. The fourth-order valence-corrected chi connectivity index (χ4v) is 2.04. The Morgan fingerprint density at radius 1 is 1.44 bits per heavy atom. The number of methoxy groups -OCH3 is 1. The first kappa shape index (κ1) is 13.1. The van der Waals surface area contributed by atoms with E-state index in [0.29, 0.717) is 24.3 Å². The molecule has 1 aliphatic rings. The van der Waals surface area contributed by atoms with E-state index in [4.69, 9.17) is 10.5 Å². The van der Waals surface area contributed by atoms with Gasteiger partial charge < -0.3 is 15.4 Å². The van der Waals surface area contributed by atoms with E-state index >= 15 is 0 Å². The third kappa shape index (κ3) is 3.32. The molecule has 0 saturated heterocycles. The molecule has 5 nitrogen and oxygen atoms in total. The summed E-state index contributed by atoms with van der Waals surface area (Å²) in [6, 6.07) is 2.51. The molecule has 2 N–H and O–H groups in total. The monoisotopic (exact) mass is 250 g/mol. The third-order valence-electron chi connectivity index (χ3n) is 3.09. The maximum atomic E-state index is 5.84. The number of nitrogens with zero attached hydrogens (tertiary/aromatic N) is 3. The first-order valence-corrected chi connectivity index (χ1v) is 6.63. The summed E-state index contributed by atoms with van der Waals surface area (Å²) in [6.07, 6.45) is 4.88. The molecule has 0 atom stereocenters. The van der Waals surface area contributed by atoms with Crippen molar-refractivity contribution in [3.05, 3.63) is 11.9 Å². The second-order valence-electron chi connectivity index (χ2n) is 4.78. The fraction of sp³-hybridized carbons (Fsp3) is 0.692. The Morgan fingerprint density at radius 3 is 2.83 bits per heavy atom. The van der Waals surface area contributed by atoms with Gasteiger partial charge in [-0.1, -0.05) is 13.3 Å². The molecule has 0 bridgehead atoms. The molecule has 0 aromatic carbocycles. The van der Waals surface area contributed by atoms with Crippen molar-refractivity contribution in [1.82, 2.24) is 9.97 Å². The van der Waals surface area contributed by atoms with Crippen LogP contribution in [-0.4, -0.2) is 29.7 Å². The lowest BCUT2D eigenvalue weighted by Crippen LogP contribution is -2.28. The number of ether oxygens (including phenoxy) is 1. The van der Waals surface area contributed by atoms with Crippen molar-refractivity contribution in [2.75, 3.05) is 24.3 Å². The summed E-state index contributed by atoms with van der Waals surface area (Å²) in [5, 5.41) is 0. The van der Waals surface area contributed by atoms with Crippen LogP contribution in [0.15, 0.2) is 6.07 Å². The highest BCUT2D eigenvalue weighted by molar-refractivity contribution is 5.48. The molecule has 0 amide bonds. The van der Waals surface area contributed by atoms with E-state index in [-0.39, 0.29) is 0 Å². The molecule has 18 heavy (non-hydrogen) atoms. The lowest BCUT2D eigenvalue weighted by molar-refractivity contribution is 0.178. The van der Waals surface area contributed by atoms with Gasteiger partial charge >= 0.3 is 0 Å². The lowest BCUT2D eigenvalue weighted by Gasteiger charge is -2.23. The molecule has 0 unspecified atom stereocenters. The Kier molecular flexibility index (Phi) is 4.36. The van der Waals surface area contributed by atoms with Crippen molar-refractivity contribution in [1.29, 1.82) is 0 Å². The molecule has 0 aliphatic heterocycles. The number of rotatable bonds is 7. The molecule has 1 aromatic rings. The van der Waals surface area contributed by atoms with E-state index in [0.717, 1.165) is 12.4 Å². The maximum absolute atomic E-state index is 5.84. The van der Waals surface area contributed by atoms with Gasteiger partial charge in [0.25, 0.3) is 0 Å². The molecule has 2 rings (SSSR count). The first-order valence-electron chi connectivity index (χ1n) is 6.63. The highest BCUT2D eigenvalue weighted by Crippen LogP contribution is 2.31. The van der Waals surface area contributed by atoms with Crippen molar-refractivity contribution in [2.45, 2.75) is 45.3 Å². The van der Waals surface area contributed by atoms with Crippen LogP contribution in [0.3, 0.4) is 0 Å². The van der Waals surface area contributed by atoms with Crippen LogP contribution < -0.4 is 10.6 Å².